The molecule has 0 radical (unpaired) electrons. The Morgan fingerprint density at radius 2 is 2.11 bits per heavy atom. The highest BCUT2D eigenvalue weighted by Gasteiger charge is 2.43. The summed E-state index contributed by atoms with van der Waals surface area (Å²) < 4.78 is 0. The van der Waals surface area contributed by atoms with Crippen LogP contribution in [0.3, 0.4) is 0 Å². The van der Waals surface area contributed by atoms with Gasteiger partial charge >= 0.3 is 0 Å². The van der Waals surface area contributed by atoms with Crippen LogP contribution in [-0.4, -0.2) is 49.6 Å². The first-order valence-corrected chi connectivity index (χ1v) is 7.67. The maximum Gasteiger partial charge on any atom is 0.225 e. The molecule has 0 aliphatic carbocycles. The van der Waals surface area contributed by atoms with Crippen LogP contribution in [0.1, 0.15) is 39.5 Å². The molecule has 2 rings (SSSR count). The van der Waals surface area contributed by atoms with Crippen molar-refractivity contribution in [1.29, 1.82) is 0 Å². The van der Waals surface area contributed by atoms with E-state index in [4.69, 9.17) is 0 Å². The van der Waals surface area contributed by atoms with Gasteiger partial charge in [0, 0.05) is 24.7 Å². The third-order valence-corrected chi connectivity index (χ3v) is 4.32. The molecular formula is C15H29N3O. The highest BCUT2D eigenvalue weighted by Crippen LogP contribution is 2.33. The van der Waals surface area contributed by atoms with Crippen molar-refractivity contribution < 1.29 is 4.79 Å². The first-order chi connectivity index (χ1) is 8.95. The van der Waals surface area contributed by atoms with Crippen molar-refractivity contribution >= 4 is 5.91 Å². The topological polar surface area (TPSA) is 44.4 Å². The van der Waals surface area contributed by atoms with E-state index >= 15 is 0 Å². The van der Waals surface area contributed by atoms with Crippen LogP contribution in [0.25, 0.3) is 0 Å². The number of nitrogens with one attached hydrogen (secondary N) is 2. The molecule has 0 aromatic rings. The van der Waals surface area contributed by atoms with Crippen molar-refractivity contribution in [3.05, 3.63) is 0 Å². The molecule has 4 nitrogen and oxygen atoms in total. The third kappa shape index (κ3) is 3.93. The first-order valence-electron chi connectivity index (χ1n) is 7.67. The number of likely N-dealkylation sites (N-methyl/N-ethyl adjacent to an activating group) is 1. The van der Waals surface area contributed by atoms with Crippen LogP contribution in [0, 0.1) is 11.8 Å². The summed E-state index contributed by atoms with van der Waals surface area (Å²) in [6, 6.07) is 1.31. The summed E-state index contributed by atoms with van der Waals surface area (Å²) in [6.07, 6.45) is 4.51. The smallest absolute Gasteiger partial charge is 0.225 e. The van der Waals surface area contributed by atoms with Crippen LogP contribution in [0.5, 0.6) is 0 Å². The predicted molar refractivity (Wildman–Crippen MR) is 78.0 cm³/mol. The normalized spacial score (nSPS) is 31.2. The number of hydrogen-bond donors (Lipinski definition) is 2. The van der Waals surface area contributed by atoms with Gasteiger partial charge in [-0.2, -0.15) is 0 Å². The molecule has 19 heavy (non-hydrogen) atoms. The Bertz CT molecular complexity index is 307. The zero-order valence-corrected chi connectivity index (χ0v) is 12.8. The number of carbonyl (C=O) groups excluding carboxylic acids is 1. The molecule has 2 N–H and O–H groups in total. The maximum absolute atomic E-state index is 12.4. The van der Waals surface area contributed by atoms with E-state index in [1.54, 1.807) is 0 Å². The standard InChI is InChI=1S/C15H29N3O/c1-10(2)7-12(9-18(3)4)17-15(19)13-8-11-5-6-14(13)16-11/h10-14,16H,5-9H2,1-4H3,(H,17,19). The monoisotopic (exact) mass is 267 g/mol. The molecule has 2 aliphatic heterocycles. The SMILES string of the molecule is CC(C)CC(CN(C)C)NC(=O)C1CC2CCC1N2. The quantitative estimate of drug-likeness (QED) is 0.760. The van der Waals surface area contributed by atoms with Crippen LogP contribution >= 0.6 is 0 Å². The Morgan fingerprint density at radius 1 is 1.37 bits per heavy atom. The van der Waals surface area contributed by atoms with Crippen molar-refractivity contribution in [2.45, 2.75) is 57.7 Å². The molecule has 4 heteroatoms. The minimum Gasteiger partial charge on any atom is -0.352 e. The van der Waals surface area contributed by atoms with Crippen molar-refractivity contribution in [2.75, 3.05) is 20.6 Å². The van der Waals surface area contributed by atoms with Gasteiger partial charge in [-0.3, -0.25) is 4.79 Å². The van der Waals surface area contributed by atoms with E-state index in [1.165, 1.54) is 12.8 Å². The van der Waals surface area contributed by atoms with Gasteiger partial charge in [-0.05, 0) is 45.7 Å². The van der Waals surface area contributed by atoms with Crippen LogP contribution in [-0.2, 0) is 4.79 Å². The Morgan fingerprint density at radius 3 is 2.58 bits per heavy atom. The molecule has 4 unspecified atom stereocenters. The van der Waals surface area contributed by atoms with E-state index in [0.717, 1.165) is 19.4 Å². The lowest BCUT2D eigenvalue weighted by atomic mass is 9.88. The van der Waals surface area contributed by atoms with Gasteiger partial charge in [0.2, 0.25) is 5.91 Å². The highest BCUT2D eigenvalue weighted by atomic mass is 16.2. The van der Waals surface area contributed by atoms with E-state index in [9.17, 15) is 4.79 Å². The molecule has 2 heterocycles. The zero-order valence-electron chi connectivity index (χ0n) is 12.8. The second-order valence-electron chi connectivity index (χ2n) is 6.99. The summed E-state index contributed by atoms with van der Waals surface area (Å²) >= 11 is 0. The largest absolute Gasteiger partial charge is 0.352 e. The molecular weight excluding hydrogens is 238 g/mol. The van der Waals surface area contributed by atoms with Gasteiger partial charge in [-0.1, -0.05) is 13.8 Å². The fraction of sp³-hybridized carbons (Fsp3) is 0.933. The van der Waals surface area contributed by atoms with Gasteiger partial charge in [0.15, 0.2) is 0 Å². The lowest BCUT2D eigenvalue weighted by molar-refractivity contribution is -0.126. The third-order valence-electron chi connectivity index (χ3n) is 4.32. The van der Waals surface area contributed by atoms with E-state index < -0.39 is 0 Å². The molecule has 4 atom stereocenters. The van der Waals surface area contributed by atoms with Crippen molar-refractivity contribution in [2.24, 2.45) is 11.8 Å². The van der Waals surface area contributed by atoms with Crippen molar-refractivity contribution in [1.82, 2.24) is 15.5 Å². The van der Waals surface area contributed by atoms with Crippen molar-refractivity contribution in [3.8, 4) is 0 Å². The Hall–Kier alpha value is -0.610. The summed E-state index contributed by atoms with van der Waals surface area (Å²) in [5.74, 6) is 1.09. The molecule has 2 fully saturated rings. The van der Waals surface area contributed by atoms with Crippen LogP contribution in [0.2, 0.25) is 0 Å². The molecule has 2 aliphatic rings. The molecule has 0 aromatic heterocycles. The van der Waals surface area contributed by atoms with Crippen LogP contribution in [0.15, 0.2) is 0 Å². The Labute approximate surface area is 117 Å². The summed E-state index contributed by atoms with van der Waals surface area (Å²) in [7, 11) is 4.14. The van der Waals surface area contributed by atoms with Crippen molar-refractivity contribution in [3.63, 3.8) is 0 Å². The molecule has 2 saturated heterocycles. The van der Waals surface area contributed by atoms with E-state index in [2.05, 4.69) is 43.5 Å². The zero-order chi connectivity index (χ0) is 14.0. The van der Waals surface area contributed by atoms with Gasteiger partial charge in [0.25, 0.3) is 0 Å². The van der Waals surface area contributed by atoms with Gasteiger partial charge < -0.3 is 15.5 Å². The predicted octanol–water partition coefficient (Wildman–Crippen LogP) is 1.22. The molecule has 110 valence electrons. The number of hydrogen-bond acceptors (Lipinski definition) is 3. The molecule has 1 amide bonds. The van der Waals surface area contributed by atoms with Crippen LogP contribution in [0.4, 0.5) is 0 Å². The summed E-state index contributed by atoms with van der Waals surface area (Å²) in [6.45, 7) is 5.36. The van der Waals surface area contributed by atoms with Gasteiger partial charge in [-0.15, -0.1) is 0 Å². The lowest BCUT2D eigenvalue weighted by Crippen LogP contribution is -2.47. The minimum atomic E-state index is 0.204. The summed E-state index contributed by atoms with van der Waals surface area (Å²) in [5.41, 5.74) is 0. The highest BCUT2D eigenvalue weighted by molar-refractivity contribution is 5.80. The minimum absolute atomic E-state index is 0.204. The van der Waals surface area contributed by atoms with Gasteiger partial charge in [-0.25, -0.2) is 0 Å². The molecule has 0 saturated carbocycles. The summed E-state index contributed by atoms with van der Waals surface area (Å²) in [4.78, 5) is 14.6. The second-order valence-corrected chi connectivity index (χ2v) is 6.99. The number of fused-ring (bicyclic) bond motifs is 2. The molecule has 0 aromatic carbocycles. The van der Waals surface area contributed by atoms with Gasteiger partial charge in [0.05, 0.1) is 5.92 Å². The number of nitrogens with zero attached hydrogens (tertiary/aromatic N) is 1. The Balaban J connectivity index is 1.87. The Kier molecular flexibility index (Phi) is 4.85. The second kappa shape index (κ2) is 6.23. The maximum atomic E-state index is 12.4. The van der Waals surface area contributed by atoms with Crippen LogP contribution < -0.4 is 10.6 Å². The summed E-state index contributed by atoms with van der Waals surface area (Å²) in [5, 5.41) is 6.83. The van der Waals surface area contributed by atoms with E-state index in [-0.39, 0.29) is 17.9 Å². The fourth-order valence-corrected chi connectivity index (χ4v) is 3.61. The number of carbonyl (C=O) groups is 1. The first kappa shape index (κ1) is 14.8. The van der Waals surface area contributed by atoms with E-state index in [1.807, 2.05) is 0 Å². The number of amides is 1. The average Bonchev–Trinajstić information content (AvgIpc) is 2.88. The average molecular weight is 267 g/mol. The number of rotatable bonds is 6. The molecule has 0 spiro atoms. The lowest BCUT2D eigenvalue weighted by Gasteiger charge is -2.27. The van der Waals surface area contributed by atoms with E-state index in [0.29, 0.717) is 18.0 Å². The fourth-order valence-electron chi connectivity index (χ4n) is 3.61. The molecule has 2 bridgehead atoms. The van der Waals surface area contributed by atoms with Gasteiger partial charge in [0.1, 0.15) is 0 Å².